The summed E-state index contributed by atoms with van der Waals surface area (Å²) in [5, 5.41) is 11.1. The number of carbonyl (C=O) groups is 1. The van der Waals surface area contributed by atoms with Crippen molar-refractivity contribution < 1.29 is 9.53 Å². The van der Waals surface area contributed by atoms with Crippen molar-refractivity contribution in [3.8, 4) is 18.4 Å². The van der Waals surface area contributed by atoms with E-state index in [9.17, 15) is 4.79 Å². The van der Waals surface area contributed by atoms with Crippen molar-refractivity contribution in [2.75, 3.05) is 13.2 Å². The highest BCUT2D eigenvalue weighted by Gasteiger charge is 2.08. The van der Waals surface area contributed by atoms with E-state index in [2.05, 4.69) is 16.0 Å². The number of rotatable bonds is 4. The highest BCUT2D eigenvalue weighted by atomic mass is 16.5. The van der Waals surface area contributed by atoms with Crippen LogP contribution in [0.2, 0.25) is 0 Å². The van der Waals surface area contributed by atoms with Gasteiger partial charge in [-0.25, -0.2) is 4.79 Å². The fourth-order valence-corrected chi connectivity index (χ4v) is 0.558. The van der Waals surface area contributed by atoms with E-state index in [0.717, 1.165) is 0 Å². The van der Waals surface area contributed by atoms with E-state index in [-0.39, 0.29) is 18.7 Å². The Hall–Kier alpha value is -1.94. The number of nitrogens with one attached hydrogen (secondary N) is 1. The lowest BCUT2D eigenvalue weighted by Crippen LogP contribution is -2.12. The Balaban J connectivity index is 4.19. The van der Waals surface area contributed by atoms with Gasteiger partial charge in [-0.15, -0.1) is 6.42 Å². The second-order valence-electron chi connectivity index (χ2n) is 1.98. The molecule has 0 spiro atoms. The molecule has 0 unspecified atom stereocenters. The summed E-state index contributed by atoms with van der Waals surface area (Å²) in [5.74, 6) is 1.66. The van der Waals surface area contributed by atoms with Gasteiger partial charge in [-0.2, -0.15) is 5.26 Å². The molecule has 0 saturated heterocycles. The number of ether oxygens (including phenoxy) is 1. The van der Waals surface area contributed by atoms with Crippen molar-refractivity contribution in [2.45, 2.75) is 6.92 Å². The van der Waals surface area contributed by atoms with E-state index in [0.29, 0.717) is 0 Å². The first kappa shape index (κ1) is 11.1. The molecule has 0 radical (unpaired) electrons. The van der Waals surface area contributed by atoms with Gasteiger partial charge in [-0.05, 0) is 6.92 Å². The molecule has 13 heavy (non-hydrogen) atoms. The number of terminal acetylenes is 1. The van der Waals surface area contributed by atoms with Crippen molar-refractivity contribution in [3.63, 3.8) is 0 Å². The fourth-order valence-electron chi connectivity index (χ4n) is 0.558. The Morgan fingerprint density at radius 2 is 2.46 bits per heavy atom. The zero-order valence-corrected chi connectivity index (χ0v) is 7.33. The van der Waals surface area contributed by atoms with Gasteiger partial charge < -0.3 is 10.1 Å². The molecule has 4 heteroatoms. The van der Waals surface area contributed by atoms with Gasteiger partial charge in [0.25, 0.3) is 0 Å². The van der Waals surface area contributed by atoms with Crippen LogP contribution >= 0.6 is 0 Å². The molecule has 0 aromatic heterocycles. The third-order valence-corrected chi connectivity index (χ3v) is 1.07. The molecule has 0 fully saturated rings. The van der Waals surface area contributed by atoms with Crippen LogP contribution in [-0.4, -0.2) is 19.1 Å². The maximum absolute atomic E-state index is 11.0. The normalized spacial score (nSPS) is 9.62. The number of hydrogen-bond acceptors (Lipinski definition) is 4. The molecule has 0 amide bonds. The van der Waals surface area contributed by atoms with Crippen LogP contribution in [0.3, 0.4) is 0 Å². The first-order valence-electron chi connectivity index (χ1n) is 3.70. The average molecular weight is 178 g/mol. The summed E-state index contributed by atoms with van der Waals surface area (Å²) in [6, 6.07) is 1.70. The smallest absolute Gasteiger partial charge is 0.350 e. The first-order chi connectivity index (χ1) is 6.26. The van der Waals surface area contributed by atoms with Crippen molar-refractivity contribution in [1.29, 1.82) is 5.26 Å². The van der Waals surface area contributed by atoms with Gasteiger partial charge in [0.2, 0.25) is 0 Å². The minimum Gasteiger partial charge on any atom is -0.462 e. The number of esters is 1. The maximum atomic E-state index is 11.0. The van der Waals surface area contributed by atoms with Gasteiger partial charge >= 0.3 is 5.97 Å². The van der Waals surface area contributed by atoms with Crippen molar-refractivity contribution in [3.05, 3.63) is 11.8 Å². The van der Waals surface area contributed by atoms with Crippen LogP contribution < -0.4 is 5.32 Å². The number of nitriles is 1. The third-order valence-electron chi connectivity index (χ3n) is 1.07. The third kappa shape index (κ3) is 4.49. The Labute approximate surface area is 77.2 Å². The summed E-state index contributed by atoms with van der Waals surface area (Å²) in [4.78, 5) is 11.0. The van der Waals surface area contributed by atoms with Crippen molar-refractivity contribution >= 4 is 5.97 Å². The van der Waals surface area contributed by atoms with E-state index in [1.807, 2.05) is 0 Å². The van der Waals surface area contributed by atoms with Crippen molar-refractivity contribution in [2.24, 2.45) is 0 Å². The molecule has 0 aliphatic heterocycles. The maximum Gasteiger partial charge on any atom is 0.350 e. The van der Waals surface area contributed by atoms with Gasteiger partial charge in [0.1, 0.15) is 6.07 Å². The number of carbonyl (C=O) groups excluding carboxylic acids is 1. The van der Waals surface area contributed by atoms with Crippen molar-refractivity contribution in [1.82, 2.24) is 5.32 Å². The van der Waals surface area contributed by atoms with Gasteiger partial charge in [0.05, 0.1) is 13.2 Å². The Morgan fingerprint density at radius 1 is 1.77 bits per heavy atom. The first-order valence-corrected chi connectivity index (χ1v) is 3.70. The van der Waals surface area contributed by atoms with Crippen LogP contribution in [0.15, 0.2) is 11.8 Å². The largest absolute Gasteiger partial charge is 0.462 e. The van der Waals surface area contributed by atoms with E-state index < -0.39 is 5.97 Å². The summed E-state index contributed by atoms with van der Waals surface area (Å²) in [7, 11) is 0. The van der Waals surface area contributed by atoms with E-state index in [4.69, 9.17) is 11.7 Å². The lowest BCUT2D eigenvalue weighted by molar-refractivity contribution is -0.138. The minimum absolute atomic E-state index is 0.0860. The lowest BCUT2D eigenvalue weighted by atomic mass is 10.3. The van der Waals surface area contributed by atoms with Crippen LogP contribution in [0, 0.1) is 23.7 Å². The molecule has 68 valence electrons. The topological polar surface area (TPSA) is 62.1 Å². The van der Waals surface area contributed by atoms with Crippen LogP contribution in [0.4, 0.5) is 0 Å². The zero-order valence-electron chi connectivity index (χ0n) is 7.33. The van der Waals surface area contributed by atoms with E-state index in [1.54, 1.807) is 13.0 Å². The molecule has 0 aromatic rings. The molecule has 1 N–H and O–H groups in total. The van der Waals surface area contributed by atoms with Crippen LogP contribution in [0.25, 0.3) is 0 Å². The van der Waals surface area contributed by atoms with Crippen LogP contribution in [0.1, 0.15) is 6.92 Å². The molecule has 0 rings (SSSR count). The molecule has 0 heterocycles. The minimum atomic E-state index is -0.644. The summed E-state index contributed by atoms with van der Waals surface area (Å²) >= 11 is 0. The average Bonchev–Trinajstić information content (AvgIpc) is 2.13. The van der Waals surface area contributed by atoms with E-state index in [1.165, 1.54) is 6.20 Å². The standard InChI is InChI=1S/C9H10N2O2/c1-3-5-11-7-8(6-10)9(12)13-4-2/h1,7,11H,4-5H2,2H3. The highest BCUT2D eigenvalue weighted by Crippen LogP contribution is 1.93. The van der Waals surface area contributed by atoms with Gasteiger partial charge in [-0.3, -0.25) is 0 Å². The summed E-state index contributed by atoms with van der Waals surface area (Å²) < 4.78 is 4.60. The predicted molar refractivity (Wildman–Crippen MR) is 47.2 cm³/mol. The van der Waals surface area contributed by atoms with Gasteiger partial charge in [0, 0.05) is 6.20 Å². The SMILES string of the molecule is C#CCNC=C(C#N)C(=O)OCC. The number of nitrogens with zero attached hydrogens (tertiary/aromatic N) is 1. The zero-order chi connectivity index (χ0) is 10.1. The number of hydrogen-bond donors (Lipinski definition) is 1. The molecule has 0 atom stereocenters. The molecule has 0 aliphatic rings. The predicted octanol–water partition coefficient (Wildman–Crippen LogP) is 0.180. The molecule has 4 nitrogen and oxygen atoms in total. The van der Waals surface area contributed by atoms with Gasteiger partial charge in [-0.1, -0.05) is 5.92 Å². The quantitative estimate of drug-likeness (QED) is 0.219. The molecule has 0 aliphatic carbocycles. The van der Waals surface area contributed by atoms with Gasteiger partial charge in [0.15, 0.2) is 5.57 Å². The lowest BCUT2D eigenvalue weighted by Gasteiger charge is -1.99. The second-order valence-corrected chi connectivity index (χ2v) is 1.98. The fraction of sp³-hybridized carbons (Fsp3) is 0.333. The second kappa shape index (κ2) is 6.75. The molecular formula is C9H10N2O2. The molecule has 0 saturated carbocycles. The molecular weight excluding hydrogens is 168 g/mol. The Kier molecular flexibility index (Phi) is 5.74. The monoisotopic (exact) mass is 178 g/mol. The van der Waals surface area contributed by atoms with Crippen LogP contribution in [0.5, 0.6) is 0 Å². The van der Waals surface area contributed by atoms with Crippen LogP contribution in [-0.2, 0) is 9.53 Å². The van der Waals surface area contributed by atoms with E-state index >= 15 is 0 Å². The summed E-state index contributed by atoms with van der Waals surface area (Å²) in [6.45, 7) is 2.18. The summed E-state index contributed by atoms with van der Waals surface area (Å²) in [6.07, 6.45) is 6.20. The highest BCUT2D eigenvalue weighted by molar-refractivity contribution is 5.92. The Bertz CT molecular complexity index is 281. The molecule has 0 aromatic carbocycles. The summed E-state index contributed by atoms with van der Waals surface area (Å²) in [5.41, 5.74) is -0.0860. The Morgan fingerprint density at radius 3 is 2.92 bits per heavy atom. The molecule has 0 bridgehead atoms.